The molecule has 0 saturated carbocycles. The summed E-state index contributed by atoms with van der Waals surface area (Å²) in [5, 5.41) is 1.40. The first-order valence-corrected chi connectivity index (χ1v) is 17.6. The molecule has 2 fully saturated rings. The predicted molar refractivity (Wildman–Crippen MR) is 184 cm³/mol. The van der Waals surface area contributed by atoms with Gasteiger partial charge in [-0.1, -0.05) is 31.4 Å². The van der Waals surface area contributed by atoms with Gasteiger partial charge in [0, 0.05) is 67.6 Å². The van der Waals surface area contributed by atoms with Gasteiger partial charge in [0.25, 0.3) is 0 Å². The van der Waals surface area contributed by atoms with E-state index in [-0.39, 0.29) is 17.8 Å². The van der Waals surface area contributed by atoms with Crippen molar-refractivity contribution in [3.05, 3.63) is 64.3 Å². The molecule has 10 heteroatoms. The molecule has 2 aromatic carbocycles. The van der Waals surface area contributed by atoms with Crippen molar-refractivity contribution in [2.75, 3.05) is 59.6 Å². The predicted octanol–water partition coefficient (Wildman–Crippen LogP) is 6.96. The fraction of sp³-hybridized carbons (Fsp3) is 0.568. The minimum absolute atomic E-state index is 0.00967. The zero-order valence-corrected chi connectivity index (χ0v) is 28.9. The van der Waals surface area contributed by atoms with E-state index in [1.165, 1.54) is 25.7 Å². The first-order valence-electron chi connectivity index (χ1n) is 17.2. The van der Waals surface area contributed by atoms with Crippen LogP contribution >= 0.6 is 11.6 Å². The molecular formula is C37H50ClN3O6. The Morgan fingerprint density at radius 3 is 2.47 bits per heavy atom. The van der Waals surface area contributed by atoms with Crippen molar-refractivity contribution in [3.63, 3.8) is 0 Å². The second-order valence-electron chi connectivity index (χ2n) is 13.0. The number of aromatic nitrogens is 1. The van der Waals surface area contributed by atoms with Gasteiger partial charge in [0.2, 0.25) is 0 Å². The minimum Gasteiger partial charge on any atom is -0.497 e. The molecule has 2 saturated heterocycles. The molecule has 47 heavy (non-hydrogen) atoms. The summed E-state index contributed by atoms with van der Waals surface area (Å²) < 4.78 is 22.6. The molecule has 3 aromatic rings. The summed E-state index contributed by atoms with van der Waals surface area (Å²) in [5.41, 5.74) is 2.91. The van der Waals surface area contributed by atoms with Gasteiger partial charge in [-0.25, -0.2) is 4.79 Å². The smallest absolute Gasteiger partial charge is 0.345 e. The topological polar surface area (TPSA) is 93.3 Å². The van der Waals surface area contributed by atoms with E-state index < -0.39 is 17.9 Å². The lowest BCUT2D eigenvalue weighted by Gasteiger charge is -2.37. The summed E-state index contributed by atoms with van der Waals surface area (Å²) in [6.45, 7) is 11.4. The average molecular weight is 668 g/mol. The summed E-state index contributed by atoms with van der Waals surface area (Å²) >= 11 is 6.00. The van der Waals surface area contributed by atoms with E-state index in [1.807, 2.05) is 25.1 Å². The maximum Gasteiger partial charge on any atom is 0.345 e. The zero-order chi connectivity index (χ0) is 33.2. The van der Waals surface area contributed by atoms with E-state index in [9.17, 15) is 9.59 Å². The summed E-state index contributed by atoms with van der Waals surface area (Å²) in [4.78, 5) is 35.3. The number of nitrogens with zero attached hydrogens (tertiary/aromatic N) is 2. The number of hydrogen-bond acceptors (Lipinski definition) is 8. The number of carbonyl (C=O) groups excluding carboxylic acids is 2. The molecule has 3 atom stereocenters. The van der Waals surface area contributed by atoms with Crippen molar-refractivity contribution in [3.8, 4) is 5.75 Å². The molecule has 5 rings (SSSR count). The van der Waals surface area contributed by atoms with E-state index in [1.54, 1.807) is 31.4 Å². The number of rotatable bonds is 15. The molecular weight excluding hydrogens is 618 g/mol. The highest BCUT2D eigenvalue weighted by molar-refractivity contribution is 6.30. The SMILES string of the molecule is COc1ccc2[nH]c(C)c(C(C(=O)OC(=O)c3ccc(Cl)cc3)C(C)CN3CCN(CCCCCCOC4CCCCO4)CC3)c2c1. The van der Waals surface area contributed by atoms with Crippen LogP contribution < -0.4 is 4.74 Å². The number of halogens is 1. The van der Waals surface area contributed by atoms with Gasteiger partial charge >= 0.3 is 11.9 Å². The normalized spacial score (nSPS) is 19.0. The lowest BCUT2D eigenvalue weighted by molar-refractivity contribution is -0.162. The van der Waals surface area contributed by atoms with Crippen LogP contribution in [0.3, 0.4) is 0 Å². The van der Waals surface area contributed by atoms with Gasteiger partial charge in [0.05, 0.1) is 18.6 Å². The summed E-state index contributed by atoms with van der Waals surface area (Å²) in [6, 6.07) is 12.2. The molecule has 3 heterocycles. The van der Waals surface area contributed by atoms with Crippen molar-refractivity contribution in [1.29, 1.82) is 0 Å². The number of hydrogen-bond donors (Lipinski definition) is 1. The maximum absolute atomic E-state index is 13.9. The van der Waals surface area contributed by atoms with Crippen molar-refractivity contribution in [1.82, 2.24) is 14.8 Å². The molecule has 2 aliphatic rings. The zero-order valence-electron chi connectivity index (χ0n) is 28.1. The maximum atomic E-state index is 13.9. The second kappa shape index (κ2) is 17.4. The van der Waals surface area contributed by atoms with Crippen LogP contribution in [-0.2, 0) is 19.0 Å². The van der Waals surface area contributed by atoms with Crippen LogP contribution in [0.1, 0.15) is 79.4 Å². The quantitative estimate of drug-likeness (QED) is 0.106. The minimum atomic E-state index is -0.682. The molecule has 1 N–H and O–H groups in total. The summed E-state index contributed by atoms with van der Waals surface area (Å²) in [5.74, 6) is -1.30. The number of aryl methyl sites for hydroxylation is 1. The number of nitrogens with one attached hydrogen (secondary N) is 1. The number of aromatic amines is 1. The Morgan fingerprint density at radius 1 is 1.00 bits per heavy atom. The van der Waals surface area contributed by atoms with E-state index in [2.05, 4.69) is 21.7 Å². The molecule has 0 spiro atoms. The van der Waals surface area contributed by atoms with Gasteiger partial charge in [0.15, 0.2) is 6.29 Å². The highest BCUT2D eigenvalue weighted by Crippen LogP contribution is 2.37. The number of methoxy groups -OCH3 is 1. The van der Waals surface area contributed by atoms with Crippen LogP contribution in [0.25, 0.3) is 10.9 Å². The molecule has 256 valence electrons. The molecule has 0 aliphatic carbocycles. The Hall–Kier alpha value is -2.95. The highest BCUT2D eigenvalue weighted by atomic mass is 35.5. The Labute approximate surface area is 283 Å². The van der Waals surface area contributed by atoms with Gasteiger partial charge in [-0.3, -0.25) is 4.79 Å². The van der Waals surface area contributed by atoms with Crippen molar-refractivity contribution < 1.29 is 28.5 Å². The molecule has 0 amide bonds. The first-order chi connectivity index (χ1) is 22.8. The van der Waals surface area contributed by atoms with E-state index in [4.69, 9.17) is 30.5 Å². The number of piperazine rings is 1. The van der Waals surface area contributed by atoms with Crippen molar-refractivity contribution in [2.24, 2.45) is 5.92 Å². The van der Waals surface area contributed by atoms with E-state index in [0.717, 1.165) is 87.4 Å². The monoisotopic (exact) mass is 667 g/mol. The van der Waals surface area contributed by atoms with Gasteiger partial charge in [-0.15, -0.1) is 0 Å². The molecule has 0 bridgehead atoms. The fourth-order valence-electron chi connectivity index (χ4n) is 6.85. The largest absolute Gasteiger partial charge is 0.497 e. The van der Waals surface area contributed by atoms with Crippen LogP contribution in [0.2, 0.25) is 5.02 Å². The number of ether oxygens (including phenoxy) is 4. The van der Waals surface area contributed by atoms with Crippen molar-refractivity contribution >= 4 is 34.4 Å². The number of benzene rings is 2. The number of fused-ring (bicyclic) bond motifs is 1. The standard InChI is InChI=1S/C37H50ClN3O6/c1-26(25-41-20-18-40(19-21-41)17-7-4-5-8-22-45-33-10-6-9-23-46-33)34(37(43)47-36(42)28-11-13-29(38)14-12-28)35-27(2)39-32-16-15-30(44-3)24-31(32)35/h11-16,24,26,33-34,39H,4-10,17-23,25H2,1-3H3. The van der Waals surface area contributed by atoms with Crippen LogP contribution in [-0.4, -0.2) is 92.6 Å². The number of H-pyrrole nitrogens is 1. The van der Waals surface area contributed by atoms with E-state index in [0.29, 0.717) is 17.3 Å². The van der Waals surface area contributed by atoms with Crippen LogP contribution in [0.5, 0.6) is 5.75 Å². The van der Waals surface area contributed by atoms with E-state index >= 15 is 0 Å². The van der Waals surface area contributed by atoms with Gasteiger partial charge in [0.1, 0.15) is 5.75 Å². The van der Waals surface area contributed by atoms with Crippen LogP contribution in [0, 0.1) is 12.8 Å². The van der Waals surface area contributed by atoms with Gasteiger partial charge < -0.3 is 33.7 Å². The highest BCUT2D eigenvalue weighted by Gasteiger charge is 2.35. The Balaban J connectivity index is 1.16. The van der Waals surface area contributed by atoms with Gasteiger partial charge in [-0.2, -0.15) is 0 Å². The molecule has 0 radical (unpaired) electrons. The Kier molecular flexibility index (Phi) is 13.1. The Morgan fingerprint density at radius 2 is 1.74 bits per heavy atom. The van der Waals surface area contributed by atoms with Crippen molar-refractivity contribution in [2.45, 2.75) is 71.0 Å². The van der Waals surface area contributed by atoms with Crippen LogP contribution in [0.15, 0.2) is 42.5 Å². The second-order valence-corrected chi connectivity index (χ2v) is 13.4. The third kappa shape index (κ3) is 9.80. The third-order valence-electron chi connectivity index (χ3n) is 9.47. The number of esters is 2. The number of carbonyl (C=O) groups is 2. The first kappa shape index (κ1) is 35.4. The molecule has 3 unspecified atom stereocenters. The lowest BCUT2D eigenvalue weighted by Crippen LogP contribution is -2.48. The third-order valence-corrected chi connectivity index (χ3v) is 9.72. The lowest BCUT2D eigenvalue weighted by atomic mass is 9.84. The molecule has 9 nitrogen and oxygen atoms in total. The average Bonchev–Trinajstić information content (AvgIpc) is 3.40. The van der Waals surface area contributed by atoms with Crippen LogP contribution in [0.4, 0.5) is 0 Å². The summed E-state index contributed by atoms with van der Waals surface area (Å²) in [6.07, 6.45) is 8.05. The fourth-order valence-corrected chi connectivity index (χ4v) is 6.97. The van der Waals surface area contributed by atoms with Gasteiger partial charge in [-0.05, 0) is 99.5 Å². The Bertz CT molecular complexity index is 1450. The molecule has 2 aliphatic heterocycles. The molecule has 1 aromatic heterocycles. The summed E-state index contributed by atoms with van der Waals surface area (Å²) in [7, 11) is 1.63. The number of unbranched alkanes of at least 4 members (excludes halogenated alkanes) is 3.